The summed E-state index contributed by atoms with van der Waals surface area (Å²) in [5.74, 6) is 0. The van der Waals surface area contributed by atoms with Crippen molar-refractivity contribution in [2.75, 3.05) is 0 Å². The Balaban J connectivity index is 0. The Kier molecular flexibility index (Phi) is 12.5. The first-order valence-electron chi connectivity index (χ1n) is 7.33. The van der Waals surface area contributed by atoms with Crippen LogP contribution in [-0.4, -0.2) is 8.07 Å². The molecule has 0 aromatic heterocycles. The van der Waals surface area contributed by atoms with E-state index in [1.807, 2.05) is 0 Å². The maximum absolute atomic E-state index is 2.54. The van der Waals surface area contributed by atoms with Gasteiger partial charge in [0.1, 0.15) is 0 Å². The van der Waals surface area contributed by atoms with Crippen molar-refractivity contribution in [2.24, 2.45) is 0 Å². The Bertz CT molecular complexity index is 514. The monoisotopic (exact) mass is 408 g/mol. The van der Waals surface area contributed by atoms with Crippen LogP contribution in [-0.2, 0) is 20.4 Å². The third-order valence-corrected chi connectivity index (χ3v) is 9.92. The second-order valence-electron chi connectivity index (χ2n) is 5.58. The van der Waals surface area contributed by atoms with Gasteiger partial charge in [-0.3, -0.25) is 0 Å². The Hall–Kier alpha value is 0.501. The van der Waals surface area contributed by atoms with Gasteiger partial charge in [0, 0.05) is 0 Å². The zero-order valence-electron chi connectivity index (χ0n) is 13.4. The molecule has 0 amide bonds. The van der Waals surface area contributed by atoms with Crippen LogP contribution < -0.4 is 42.4 Å². The molecule has 0 N–H and O–H groups in total. The van der Waals surface area contributed by atoms with Gasteiger partial charge < -0.3 is 37.2 Å². The zero-order valence-corrected chi connectivity index (χ0v) is 18.3. The quantitative estimate of drug-likeness (QED) is 0.430. The summed E-state index contributed by atoms with van der Waals surface area (Å²) in [6, 6.07) is 12.5. The molecule has 1 unspecified atom stereocenters. The fraction of sp³-hybridized carbons (Fsp3) is 0.412. The first kappa shape index (κ1) is 24.7. The molecule has 0 saturated carbocycles. The Morgan fingerprint density at radius 2 is 1.64 bits per heavy atom. The molecule has 0 saturated heterocycles. The van der Waals surface area contributed by atoms with Crippen LogP contribution in [0, 0.1) is 0 Å². The van der Waals surface area contributed by atoms with Gasteiger partial charge in [0.25, 0.3) is 0 Å². The summed E-state index contributed by atoms with van der Waals surface area (Å²) in [6.07, 6.45) is 6.23. The molecule has 0 radical (unpaired) electrons. The van der Waals surface area contributed by atoms with E-state index >= 15 is 0 Å². The molecule has 0 aliphatic heterocycles. The topological polar surface area (TPSA) is 0 Å². The van der Waals surface area contributed by atoms with Gasteiger partial charge in [-0.1, -0.05) is 0 Å². The zero-order chi connectivity index (χ0) is 13.9. The molecular weight excluding hydrogens is 386 g/mol. The minimum Gasteiger partial charge on any atom is -1.00 e. The van der Waals surface area contributed by atoms with Crippen LogP contribution in [0.4, 0.5) is 0 Å². The van der Waals surface area contributed by atoms with E-state index in [0.29, 0.717) is 0 Å². The average molecular weight is 410 g/mol. The number of rotatable bonds is 5. The van der Waals surface area contributed by atoms with Gasteiger partial charge in [-0.05, 0) is 0 Å². The molecule has 120 valence electrons. The van der Waals surface area contributed by atoms with Crippen LogP contribution in [0.2, 0.25) is 12.6 Å². The number of allylic oxidation sites excluding steroid dienone is 4. The van der Waals surface area contributed by atoms with Crippen molar-refractivity contribution < 1.29 is 57.7 Å². The van der Waals surface area contributed by atoms with E-state index in [2.05, 4.69) is 77.2 Å². The van der Waals surface area contributed by atoms with Crippen molar-refractivity contribution in [3.05, 3.63) is 51.1 Å². The van der Waals surface area contributed by atoms with E-state index in [4.69, 9.17) is 0 Å². The van der Waals surface area contributed by atoms with Gasteiger partial charge in [0.2, 0.25) is 0 Å². The maximum atomic E-state index is 2.54. The summed E-state index contributed by atoms with van der Waals surface area (Å²) in [6.45, 7) is 7.21. The Labute approximate surface area is 166 Å². The van der Waals surface area contributed by atoms with Crippen molar-refractivity contribution in [3.8, 4) is 0 Å². The first-order chi connectivity index (χ1) is 9.13. The molecule has 0 bridgehead atoms. The fourth-order valence-electron chi connectivity index (χ4n) is 3.06. The molecule has 22 heavy (non-hydrogen) atoms. The summed E-state index contributed by atoms with van der Waals surface area (Å²) in [5, 5.41) is 3.31. The third kappa shape index (κ3) is 5.00. The minimum absolute atomic E-state index is 0. The maximum Gasteiger partial charge on any atom is -1.00 e. The predicted octanol–water partition coefficient (Wildman–Crippen LogP) is -4.53. The van der Waals surface area contributed by atoms with E-state index in [1.165, 1.54) is 25.3 Å². The minimum atomic E-state index is -1.51. The van der Waals surface area contributed by atoms with Crippen LogP contribution in [0.3, 0.4) is 0 Å². The summed E-state index contributed by atoms with van der Waals surface area (Å²) in [5.41, 5.74) is 1.68. The average Bonchev–Trinajstić information content (AvgIpc) is 2.81. The van der Waals surface area contributed by atoms with Crippen LogP contribution in [0.25, 0.3) is 0 Å². The fourth-order valence-corrected chi connectivity index (χ4v) is 7.35. The molecule has 1 aliphatic carbocycles. The molecule has 1 aliphatic rings. The second-order valence-corrected chi connectivity index (χ2v) is 11.0. The van der Waals surface area contributed by atoms with E-state index < -0.39 is 8.07 Å². The predicted molar refractivity (Wildman–Crippen MR) is 82.8 cm³/mol. The SMILES string of the molecule is CCCC1=[C]([Ti+3])CC=C1[Si](C)(CC)c1ccccc1.[Cl-].[Cl-].[Cl-]. The molecule has 0 nitrogen and oxygen atoms in total. The van der Waals surface area contributed by atoms with Gasteiger partial charge in [-0.2, -0.15) is 0 Å². The van der Waals surface area contributed by atoms with Crippen molar-refractivity contribution in [1.29, 1.82) is 0 Å². The van der Waals surface area contributed by atoms with E-state index in [9.17, 15) is 0 Å². The summed E-state index contributed by atoms with van der Waals surface area (Å²) in [4.78, 5) is 0. The van der Waals surface area contributed by atoms with Crippen LogP contribution in [0.15, 0.2) is 51.1 Å². The molecule has 1 aromatic carbocycles. The van der Waals surface area contributed by atoms with Crippen molar-refractivity contribution in [3.63, 3.8) is 0 Å². The number of halogens is 3. The Morgan fingerprint density at radius 1 is 1.05 bits per heavy atom. The summed E-state index contributed by atoms with van der Waals surface area (Å²) >= 11 is 2.32. The van der Waals surface area contributed by atoms with Gasteiger partial charge in [-0.15, -0.1) is 0 Å². The second kappa shape index (κ2) is 11.1. The van der Waals surface area contributed by atoms with Gasteiger partial charge in [0.15, 0.2) is 0 Å². The molecule has 2 rings (SSSR count). The van der Waals surface area contributed by atoms with Gasteiger partial charge in [0.05, 0.1) is 0 Å². The van der Waals surface area contributed by atoms with E-state index in [-0.39, 0.29) is 37.2 Å². The normalized spacial score (nSPS) is 16.0. The molecule has 0 spiro atoms. The molecule has 5 heteroatoms. The van der Waals surface area contributed by atoms with Crippen molar-refractivity contribution in [1.82, 2.24) is 0 Å². The summed E-state index contributed by atoms with van der Waals surface area (Å²) in [7, 11) is -1.51. The van der Waals surface area contributed by atoms with Crippen molar-refractivity contribution >= 4 is 13.3 Å². The number of hydrogen-bond donors (Lipinski definition) is 0. The molecular formula is C17H23Cl3SiTi. The third-order valence-electron chi connectivity index (χ3n) is 4.41. The number of benzene rings is 1. The van der Waals surface area contributed by atoms with Gasteiger partial charge in [-0.25, -0.2) is 0 Å². The van der Waals surface area contributed by atoms with Crippen molar-refractivity contribution in [2.45, 2.75) is 45.7 Å². The first-order valence-corrected chi connectivity index (χ1v) is 10.8. The molecule has 1 atom stereocenters. The number of hydrogen-bond acceptors (Lipinski definition) is 0. The standard InChI is InChI=1S/C17H23Si.3ClH.Ti/c1-4-10-15-11-9-14-17(15)18(3,5-2)16-12-7-6-8-13-16;;;;/h6-8,12-14H,4-5,9-10H2,1-3H3;3*1H;/q;;;;+3/p-3. The molecule has 1 aromatic rings. The van der Waals surface area contributed by atoms with E-state index in [1.54, 1.807) is 19.8 Å². The van der Waals surface area contributed by atoms with E-state index in [0.717, 1.165) is 0 Å². The van der Waals surface area contributed by atoms with Gasteiger partial charge >= 0.3 is 130 Å². The smallest absolute Gasteiger partial charge is 1.00 e. The molecule has 0 heterocycles. The summed E-state index contributed by atoms with van der Waals surface area (Å²) < 4.78 is 1.61. The largest absolute Gasteiger partial charge is 1.00 e. The van der Waals surface area contributed by atoms with Crippen LogP contribution >= 0.6 is 0 Å². The Morgan fingerprint density at radius 3 is 2.14 bits per heavy atom. The molecule has 0 fully saturated rings. The van der Waals surface area contributed by atoms with Crippen LogP contribution in [0.5, 0.6) is 0 Å². The van der Waals surface area contributed by atoms with Crippen LogP contribution in [0.1, 0.15) is 33.1 Å².